The molecular formula is C15H13NO3S. The van der Waals surface area contributed by atoms with Crippen LogP contribution < -0.4 is 5.76 Å². The van der Waals surface area contributed by atoms with Gasteiger partial charge in [-0.2, -0.15) is 0 Å². The first kappa shape index (κ1) is 12.9. The van der Waals surface area contributed by atoms with Crippen molar-refractivity contribution in [3.8, 4) is 0 Å². The highest BCUT2D eigenvalue weighted by molar-refractivity contribution is 7.14. The van der Waals surface area contributed by atoms with Gasteiger partial charge in [0.25, 0.3) is 0 Å². The maximum atomic E-state index is 12.2. The number of fused-ring (bicyclic) bond motifs is 1. The predicted molar refractivity (Wildman–Crippen MR) is 78.5 cm³/mol. The second-order valence-corrected chi connectivity index (χ2v) is 5.63. The van der Waals surface area contributed by atoms with Crippen LogP contribution in [0.2, 0.25) is 0 Å². The Hall–Kier alpha value is -2.14. The van der Waals surface area contributed by atoms with E-state index in [1.165, 1.54) is 15.9 Å². The SMILES string of the molecule is CCc1ccc(C(=O)Cn2c(=O)oc3ccccc32)s1. The Labute approximate surface area is 119 Å². The van der Waals surface area contributed by atoms with Crippen LogP contribution in [-0.2, 0) is 13.0 Å². The first-order valence-electron chi connectivity index (χ1n) is 6.39. The van der Waals surface area contributed by atoms with Crippen LogP contribution in [0.15, 0.2) is 45.6 Å². The number of carbonyl (C=O) groups excluding carboxylic acids is 1. The molecule has 0 bridgehead atoms. The van der Waals surface area contributed by atoms with Gasteiger partial charge >= 0.3 is 5.76 Å². The normalized spacial score (nSPS) is 11.1. The molecule has 0 amide bonds. The van der Waals surface area contributed by atoms with Gasteiger partial charge in [-0.1, -0.05) is 19.1 Å². The Bertz CT molecular complexity index is 825. The summed E-state index contributed by atoms with van der Waals surface area (Å²) in [6.45, 7) is 2.06. The second-order valence-electron chi connectivity index (χ2n) is 4.46. The van der Waals surface area contributed by atoms with Gasteiger partial charge in [-0.05, 0) is 30.7 Å². The Kier molecular flexibility index (Phi) is 3.28. The van der Waals surface area contributed by atoms with Gasteiger partial charge in [0.05, 0.1) is 16.9 Å². The fourth-order valence-electron chi connectivity index (χ4n) is 2.10. The van der Waals surface area contributed by atoms with Crippen LogP contribution in [0.1, 0.15) is 21.5 Å². The van der Waals surface area contributed by atoms with Crippen molar-refractivity contribution in [1.29, 1.82) is 0 Å². The van der Waals surface area contributed by atoms with Crippen molar-refractivity contribution in [3.05, 3.63) is 56.7 Å². The maximum absolute atomic E-state index is 12.2. The van der Waals surface area contributed by atoms with Crippen LogP contribution >= 0.6 is 11.3 Å². The molecule has 3 rings (SSSR count). The summed E-state index contributed by atoms with van der Waals surface area (Å²) < 4.78 is 6.50. The first-order valence-corrected chi connectivity index (χ1v) is 7.21. The number of rotatable bonds is 4. The molecule has 0 aliphatic carbocycles. The third kappa shape index (κ3) is 2.20. The molecule has 3 aromatic rings. The van der Waals surface area contributed by atoms with Crippen molar-refractivity contribution in [1.82, 2.24) is 4.57 Å². The summed E-state index contributed by atoms with van der Waals surface area (Å²) in [4.78, 5) is 25.9. The third-order valence-electron chi connectivity index (χ3n) is 3.16. The number of benzene rings is 1. The quantitative estimate of drug-likeness (QED) is 0.693. The first-order chi connectivity index (χ1) is 9.69. The number of nitrogens with zero attached hydrogens (tertiary/aromatic N) is 1. The number of para-hydroxylation sites is 2. The summed E-state index contributed by atoms with van der Waals surface area (Å²) in [5.74, 6) is -0.560. The number of carbonyl (C=O) groups is 1. The minimum Gasteiger partial charge on any atom is -0.408 e. The molecule has 0 saturated carbocycles. The smallest absolute Gasteiger partial charge is 0.408 e. The molecule has 20 heavy (non-hydrogen) atoms. The molecule has 102 valence electrons. The van der Waals surface area contributed by atoms with E-state index in [2.05, 4.69) is 0 Å². The summed E-state index contributed by atoms with van der Waals surface area (Å²) in [5, 5.41) is 0. The van der Waals surface area contributed by atoms with E-state index in [0.717, 1.165) is 11.3 Å². The average molecular weight is 287 g/mol. The van der Waals surface area contributed by atoms with E-state index in [1.807, 2.05) is 25.1 Å². The van der Waals surface area contributed by atoms with Gasteiger partial charge in [-0.15, -0.1) is 11.3 Å². The Morgan fingerprint density at radius 3 is 2.80 bits per heavy atom. The third-order valence-corrected chi connectivity index (χ3v) is 4.43. The van der Waals surface area contributed by atoms with Gasteiger partial charge in [0.2, 0.25) is 0 Å². The van der Waals surface area contributed by atoms with E-state index in [9.17, 15) is 9.59 Å². The average Bonchev–Trinajstić information content (AvgIpc) is 3.04. The zero-order valence-electron chi connectivity index (χ0n) is 11.0. The molecule has 0 fully saturated rings. The van der Waals surface area contributed by atoms with Crippen molar-refractivity contribution in [2.45, 2.75) is 19.9 Å². The van der Waals surface area contributed by atoms with Crippen LogP contribution in [0.3, 0.4) is 0 Å². The van der Waals surface area contributed by atoms with Gasteiger partial charge in [0, 0.05) is 4.88 Å². The van der Waals surface area contributed by atoms with Gasteiger partial charge in [0.15, 0.2) is 11.4 Å². The van der Waals surface area contributed by atoms with Crippen LogP contribution in [0.25, 0.3) is 11.1 Å². The summed E-state index contributed by atoms with van der Waals surface area (Å²) in [7, 11) is 0. The molecule has 0 saturated heterocycles. The lowest BCUT2D eigenvalue weighted by molar-refractivity contribution is 0.0974. The fraction of sp³-hybridized carbons (Fsp3) is 0.200. The van der Waals surface area contributed by atoms with E-state index < -0.39 is 5.76 Å². The molecule has 0 unspecified atom stereocenters. The van der Waals surface area contributed by atoms with Gasteiger partial charge in [0.1, 0.15) is 0 Å². The van der Waals surface area contributed by atoms with Crippen molar-refractivity contribution in [3.63, 3.8) is 0 Å². The van der Waals surface area contributed by atoms with Crippen LogP contribution in [0, 0.1) is 0 Å². The number of hydrogen-bond acceptors (Lipinski definition) is 4. The number of aryl methyl sites for hydroxylation is 1. The molecule has 0 radical (unpaired) electrons. The topological polar surface area (TPSA) is 52.2 Å². The molecule has 5 heteroatoms. The van der Waals surface area contributed by atoms with Crippen LogP contribution in [-0.4, -0.2) is 10.4 Å². The number of thiophene rings is 1. The fourth-order valence-corrected chi connectivity index (χ4v) is 2.98. The van der Waals surface area contributed by atoms with E-state index in [4.69, 9.17) is 4.42 Å². The number of Topliss-reactive ketones (excluding diaryl/α,β-unsaturated/α-hetero) is 1. The molecule has 4 nitrogen and oxygen atoms in total. The largest absolute Gasteiger partial charge is 0.420 e. The molecule has 0 aliphatic heterocycles. The maximum Gasteiger partial charge on any atom is 0.420 e. The lowest BCUT2D eigenvalue weighted by Gasteiger charge is -1.99. The molecule has 2 aromatic heterocycles. The van der Waals surface area contributed by atoms with E-state index >= 15 is 0 Å². The van der Waals surface area contributed by atoms with E-state index in [1.54, 1.807) is 18.2 Å². The summed E-state index contributed by atoms with van der Waals surface area (Å²) in [5.41, 5.74) is 1.16. The van der Waals surface area contributed by atoms with Crippen LogP contribution in [0.5, 0.6) is 0 Å². The predicted octanol–water partition coefficient (Wildman–Crippen LogP) is 3.10. The zero-order chi connectivity index (χ0) is 14.1. The number of ketones is 1. The summed E-state index contributed by atoms with van der Waals surface area (Å²) >= 11 is 1.48. The van der Waals surface area contributed by atoms with Gasteiger partial charge in [-0.3, -0.25) is 9.36 Å². The molecule has 0 atom stereocenters. The van der Waals surface area contributed by atoms with Crippen molar-refractivity contribution >= 4 is 28.2 Å². The molecule has 0 aliphatic rings. The van der Waals surface area contributed by atoms with Crippen LogP contribution in [0.4, 0.5) is 0 Å². The minimum atomic E-state index is -0.494. The molecule has 0 spiro atoms. The van der Waals surface area contributed by atoms with Gasteiger partial charge in [-0.25, -0.2) is 4.79 Å². The lowest BCUT2D eigenvalue weighted by atomic mass is 10.3. The standard InChI is InChI=1S/C15H13NO3S/c1-2-10-7-8-14(20-10)12(17)9-16-11-5-3-4-6-13(11)19-15(16)18/h3-8H,2,9H2,1H3. The Morgan fingerprint density at radius 1 is 1.25 bits per heavy atom. The van der Waals surface area contributed by atoms with Crippen molar-refractivity contribution in [2.75, 3.05) is 0 Å². The number of hydrogen-bond donors (Lipinski definition) is 0. The Morgan fingerprint density at radius 2 is 2.05 bits per heavy atom. The van der Waals surface area contributed by atoms with Crippen molar-refractivity contribution in [2.24, 2.45) is 0 Å². The summed E-state index contributed by atoms with van der Waals surface area (Å²) in [6, 6.07) is 10.9. The Balaban J connectivity index is 1.95. The molecule has 2 heterocycles. The highest BCUT2D eigenvalue weighted by atomic mass is 32.1. The van der Waals surface area contributed by atoms with Crippen molar-refractivity contribution < 1.29 is 9.21 Å². The number of aromatic nitrogens is 1. The molecule has 0 N–H and O–H groups in total. The number of oxazole rings is 1. The second kappa shape index (κ2) is 5.09. The minimum absolute atomic E-state index is 0.0134. The molecular weight excluding hydrogens is 274 g/mol. The zero-order valence-corrected chi connectivity index (χ0v) is 11.8. The van der Waals surface area contributed by atoms with E-state index in [-0.39, 0.29) is 12.3 Å². The van der Waals surface area contributed by atoms with E-state index in [0.29, 0.717) is 16.0 Å². The van der Waals surface area contributed by atoms with Gasteiger partial charge < -0.3 is 4.42 Å². The highest BCUT2D eigenvalue weighted by Gasteiger charge is 2.15. The highest BCUT2D eigenvalue weighted by Crippen LogP contribution is 2.19. The lowest BCUT2D eigenvalue weighted by Crippen LogP contribution is -2.19. The molecule has 1 aromatic carbocycles. The monoisotopic (exact) mass is 287 g/mol. The summed E-state index contributed by atoms with van der Waals surface area (Å²) in [6.07, 6.45) is 0.909.